The molecule has 0 amide bonds. The Morgan fingerprint density at radius 2 is 1.94 bits per heavy atom. The molecular weight excluding hydrogens is 413 g/mol. The second kappa shape index (κ2) is 9.64. The summed E-state index contributed by atoms with van der Waals surface area (Å²) in [6.45, 7) is 2.30. The lowest BCUT2D eigenvalue weighted by molar-refractivity contribution is 0.490. The van der Waals surface area contributed by atoms with Gasteiger partial charge in [0, 0.05) is 29.3 Å². The predicted octanol–water partition coefficient (Wildman–Crippen LogP) is 5.44. The van der Waals surface area contributed by atoms with Crippen LogP contribution in [0.25, 0.3) is 27.7 Å². The normalized spacial score (nSPS) is 18.2. The van der Waals surface area contributed by atoms with E-state index >= 15 is 0 Å². The van der Waals surface area contributed by atoms with E-state index in [-0.39, 0.29) is 5.82 Å². The molecule has 162 valence electrons. The first-order valence-corrected chi connectivity index (χ1v) is 11.1. The molecule has 8 heteroatoms. The average molecular weight is 440 g/mol. The van der Waals surface area contributed by atoms with E-state index in [9.17, 15) is 4.39 Å². The summed E-state index contributed by atoms with van der Waals surface area (Å²) >= 11 is 0.856. The smallest absolute Gasteiger partial charge is 0.157 e. The summed E-state index contributed by atoms with van der Waals surface area (Å²) < 4.78 is 20.3. The van der Waals surface area contributed by atoms with Gasteiger partial charge in [-0.1, -0.05) is 37.3 Å². The van der Waals surface area contributed by atoms with Gasteiger partial charge in [-0.25, -0.2) is 9.37 Å². The van der Waals surface area contributed by atoms with Gasteiger partial charge in [0.15, 0.2) is 5.65 Å². The molecule has 1 fully saturated rings. The molecule has 0 spiro atoms. The molecule has 2 atom stereocenters. The lowest BCUT2D eigenvalue weighted by Crippen LogP contribution is -2.17. The summed E-state index contributed by atoms with van der Waals surface area (Å²) in [5.74, 6) is 1.50. The second-order valence-corrected chi connectivity index (χ2v) is 8.32. The lowest BCUT2D eigenvalue weighted by atomic mass is 10.0. The van der Waals surface area contributed by atoms with Crippen molar-refractivity contribution in [3.8, 4) is 11.3 Å². The number of anilines is 1. The molecule has 6 nitrogen and oxygen atoms in total. The summed E-state index contributed by atoms with van der Waals surface area (Å²) in [7, 11) is 1.52. The summed E-state index contributed by atoms with van der Waals surface area (Å²) in [5, 5.41) is 14.6. The molecule has 31 heavy (non-hydrogen) atoms. The van der Waals surface area contributed by atoms with Crippen LogP contribution in [0.2, 0.25) is 0 Å². The minimum absolute atomic E-state index is 0.214. The van der Waals surface area contributed by atoms with E-state index in [1.165, 1.54) is 32.4 Å². The highest BCUT2D eigenvalue weighted by Gasteiger charge is 2.22. The third-order valence-corrected chi connectivity index (χ3v) is 5.84. The van der Waals surface area contributed by atoms with Gasteiger partial charge in [-0.2, -0.15) is 9.61 Å². The highest BCUT2D eigenvalue weighted by atomic mass is 32.2. The van der Waals surface area contributed by atoms with E-state index in [1.54, 1.807) is 12.1 Å². The molecule has 2 unspecified atom stereocenters. The number of nitrogens with two attached hydrogens (primary N) is 1. The van der Waals surface area contributed by atoms with E-state index < -0.39 is 0 Å². The molecule has 0 aliphatic heterocycles. The fourth-order valence-corrected chi connectivity index (χ4v) is 4.18. The predicted molar refractivity (Wildman–Crippen MR) is 125 cm³/mol. The van der Waals surface area contributed by atoms with Crippen LogP contribution in [-0.4, -0.2) is 27.7 Å². The van der Waals surface area contributed by atoms with Crippen LogP contribution in [0.15, 0.2) is 54.7 Å². The summed E-state index contributed by atoms with van der Waals surface area (Å²) in [6, 6.07) is 15.2. The number of aromatic nitrogens is 3. The van der Waals surface area contributed by atoms with Crippen molar-refractivity contribution in [1.82, 2.24) is 14.6 Å². The van der Waals surface area contributed by atoms with E-state index in [2.05, 4.69) is 21.4 Å². The van der Waals surface area contributed by atoms with E-state index in [0.29, 0.717) is 11.4 Å². The van der Waals surface area contributed by atoms with Gasteiger partial charge in [0.05, 0.1) is 25.0 Å². The van der Waals surface area contributed by atoms with Crippen molar-refractivity contribution in [2.75, 3.05) is 12.4 Å². The highest BCUT2D eigenvalue weighted by molar-refractivity contribution is 7.92. The Morgan fingerprint density at radius 1 is 1.16 bits per heavy atom. The zero-order valence-corrected chi connectivity index (χ0v) is 18.4. The Kier molecular flexibility index (Phi) is 6.70. The second-order valence-electron chi connectivity index (χ2n) is 7.79. The molecule has 0 saturated heterocycles. The number of halogens is 1. The van der Waals surface area contributed by atoms with Crippen LogP contribution in [0.1, 0.15) is 26.2 Å². The molecule has 1 saturated carbocycles. The first kappa shape index (κ1) is 21.5. The van der Waals surface area contributed by atoms with Crippen molar-refractivity contribution in [1.29, 1.82) is 0 Å². The van der Waals surface area contributed by atoms with Gasteiger partial charge in [0.1, 0.15) is 11.6 Å². The zero-order valence-electron chi connectivity index (χ0n) is 17.6. The van der Waals surface area contributed by atoms with Crippen LogP contribution >= 0.6 is 12.2 Å². The Hall–Kier alpha value is -2.68. The topological polar surface area (TPSA) is 77.5 Å². The molecule has 1 aliphatic rings. The Bertz CT molecular complexity index is 1180. The van der Waals surface area contributed by atoms with Crippen molar-refractivity contribution >= 4 is 34.5 Å². The van der Waals surface area contributed by atoms with Crippen LogP contribution in [0, 0.1) is 11.7 Å². The first-order valence-electron chi connectivity index (χ1n) is 10.3. The summed E-state index contributed by atoms with van der Waals surface area (Å²) in [4.78, 5) is 4.46. The van der Waals surface area contributed by atoms with E-state index in [0.717, 1.165) is 46.3 Å². The monoisotopic (exact) mass is 439 g/mol. The molecule has 2 aromatic heterocycles. The lowest BCUT2D eigenvalue weighted by Gasteiger charge is -2.14. The van der Waals surface area contributed by atoms with Crippen molar-refractivity contribution in [3.63, 3.8) is 0 Å². The molecular formula is C23H26FN5OS. The fraction of sp³-hybridized carbons (Fsp3) is 0.304. The van der Waals surface area contributed by atoms with Crippen LogP contribution < -0.4 is 10.5 Å². The molecule has 3 N–H and O–H groups in total. The number of benzene rings is 2. The van der Waals surface area contributed by atoms with Gasteiger partial charge in [-0.15, -0.1) is 0 Å². The third kappa shape index (κ3) is 4.66. The van der Waals surface area contributed by atoms with E-state index in [4.69, 9.17) is 10.2 Å². The van der Waals surface area contributed by atoms with Crippen LogP contribution in [-0.2, 0) is 4.18 Å². The van der Waals surface area contributed by atoms with Gasteiger partial charge in [-0.05, 0) is 42.7 Å². The number of nitrogens with one attached hydrogen (secondary N) is 1. The summed E-state index contributed by atoms with van der Waals surface area (Å²) in [6.07, 6.45) is 5.43. The number of fused-ring (bicyclic) bond motifs is 2. The van der Waals surface area contributed by atoms with Crippen LogP contribution in [0.5, 0.6) is 0 Å². The van der Waals surface area contributed by atoms with Gasteiger partial charge in [0.2, 0.25) is 0 Å². The quantitative estimate of drug-likeness (QED) is 0.325. The zero-order chi connectivity index (χ0) is 21.8. The maximum absolute atomic E-state index is 14.2. The maximum atomic E-state index is 14.2. The highest BCUT2D eigenvalue weighted by Crippen LogP contribution is 2.31. The standard InChI is InChI=1S/C22H21FN4.CH5NOS/c1-14-8-9-15(12-14)25-21-10-11-24-22-13-20(26-27(21)22)18-6-2-5-17-16(18)4-3-7-19(17)23;1-3-4-2/h2-7,10-11,13-15,25H,8-9,12H2,1H3;2H2,1H3. The van der Waals surface area contributed by atoms with Gasteiger partial charge in [0.25, 0.3) is 0 Å². The molecule has 5 rings (SSSR count). The average Bonchev–Trinajstić information content (AvgIpc) is 3.40. The number of hydrogen-bond donors (Lipinski definition) is 2. The van der Waals surface area contributed by atoms with Gasteiger partial charge < -0.3 is 9.50 Å². The van der Waals surface area contributed by atoms with Crippen LogP contribution in [0.3, 0.4) is 0 Å². The molecule has 1 aliphatic carbocycles. The van der Waals surface area contributed by atoms with Crippen molar-refractivity contribution < 1.29 is 8.57 Å². The first-order chi connectivity index (χ1) is 15.1. The Balaban J connectivity index is 0.000000535. The van der Waals surface area contributed by atoms with Crippen molar-refractivity contribution in [3.05, 3.63) is 60.5 Å². The summed E-state index contributed by atoms with van der Waals surface area (Å²) in [5.41, 5.74) is 2.50. The van der Waals surface area contributed by atoms with Crippen molar-refractivity contribution in [2.24, 2.45) is 11.1 Å². The molecule has 4 aromatic rings. The number of nitrogens with zero attached hydrogens (tertiary/aromatic N) is 3. The largest absolute Gasteiger partial charge is 0.367 e. The minimum Gasteiger partial charge on any atom is -0.367 e. The molecule has 2 aromatic carbocycles. The molecule has 0 bridgehead atoms. The van der Waals surface area contributed by atoms with Crippen LogP contribution in [0.4, 0.5) is 10.2 Å². The van der Waals surface area contributed by atoms with Crippen molar-refractivity contribution in [2.45, 2.75) is 32.2 Å². The molecule has 2 heterocycles. The van der Waals surface area contributed by atoms with Gasteiger partial charge >= 0.3 is 0 Å². The third-order valence-electron chi connectivity index (χ3n) is 5.65. The Labute approximate surface area is 185 Å². The molecule has 0 radical (unpaired) electrons. The number of hydrogen-bond acceptors (Lipinski definition) is 6. The maximum Gasteiger partial charge on any atom is 0.157 e. The van der Waals surface area contributed by atoms with Gasteiger partial charge in [-0.3, -0.25) is 5.14 Å². The Morgan fingerprint density at radius 3 is 2.68 bits per heavy atom. The minimum atomic E-state index is -0.214. The number of rotatable bonds is 4. The fourth-order valence-electron chi connectivity index (χ4n) is 4.18. The van der Waals surface area contributed by atoms with E-state index in [1.807, 2.05) is 41.0 Å². The SMILES string of the molecule is CC1CCC(Nc2ccnc3cc(-c4cccc5c(F)cccc45)nn23)C1.COSN.